The van der Waals surface area contributed by atoms with Crippen LogP contribution < -0.4 is 5.32 Å². The van der Waals surface area contributed by atoms with Gasteiger partial charge in [0, 0.05) is 42.8 Å². The topological polar surface area (TPSA) is 69.7 Å². The molecule has 0 bridgehead atoms. The van der Waals surface area contributed by atoms with Crippen LogP contribution in [0.5, 0.6) is 0 Å². The predicted octanol–water partition coefficient (Wildman–Crippen LogP) is 3.74. The maximum Gasteiger partial charge on any atom is 0.254 e. The van der Waals surface area contributed by atoms with Crippen molar-refractivity contribution >= 4 is 23.4 Å². The predicted molar refractivity (Wildman–Crippen MR) is 116 cm³/mol. The van der Waals surface area contributed by atoms with E-state index in [0.29, 0.717) is 24.6 Å². The van der Waals surface area contributed by atoms with Crippen molar-refractivity contribution in [2.45, 2.75) is 77.3 Å². The Hall–Kier alpha value is -2.37. The second kappa shape index (κ2) is 8.78. The van der Waals surface area contributed by atoms with E-state index in [1.807, 2.05) is 28.9 Å². The van der Waals surface area contributed by atoms with Crippen LogP contribution in [0.3, 0.4) is 0 Å². The van der Waals surface area contributed by atoms with Gasteiger partial charge in [0.05, 0.1) is 5.92 Å². The van der Waals surface area contributed by atoms with Gasteiger partial charge in [-0.3, -0.25) is 14.4 Å². The molecule has 1 aromatic carbocycles. The number of nitrogens with one attached hydrogen (secondary N) is 1. The van der Waals surface area contributed by atoms with Crippen LogP contribution in [-0.4, -0.2) is 52.7 Å². The van der Waals surface area contributed by atoms with E-state index in [1.54, 1.807) is 6.07 Å². The van der Waals surface area contributed by atoms with Crippen LogP contribution in [0.15, 0.2) is 18.2 Å². The summed E-state index contributed by atoms with van der Waals surface area (Å²) in [5.41, 5.74) is 2.26. The third-order valence-electron chi connectivity index (χ3n) is 7.09. The summed E-state index contributed by atoms with van der Waals surface area (Å²) in [5.74, 6) is -0.226. The molecule has 2 unspecified atom stereocenters. The first-order valence-electron chi connectivity index (χ1n) is 11.5. The Labute approximate surface area is 179 Å². The summed E-state index contributed by atoms with van der Waals surface area (Å²) in [6.07, 6.45) is 8.05. The highest BCUT2D eigenvalue weighted by Gasteiger charge is 2.38. The Kier molecular flexibility index (Phi) is 6.11. The fraction of sp³-hybridized carbons (Fsp3) is 0.625. The molecule has 2 saturated heterocycles. The summed E-state index contributed by atoms with van der Waals surface area (Å²) in [6, 6.07) is 6.08. The van der Waals surface area contributed by atoms with Gasteiger partial charge in [0.2, 0.25) is 11.8 Å². The third-order valence-corrected chi connectivity index (χ3v) is 7.09. The van der Waals surface area contributed by atoms with Gasteiger partial charge >= 0.3 is 0 Å². The first-order valence-corrected chi connectivity index (χ1v) is 11.5. The number of hydrogen-bond donors (Lipinski definition) is 1. The molecule has 4 rings (SSSR count). The number of nitrogens with zero attached hydrogens (tertiary/aromatic N) is 2. The Balaban J connectivity index is 1.39. The van der Waals surface area contributed by atoms with E-state index in [0.717, 1.165) is 43.5 Å². The van der Waals surface area contributed by atoms with E-state index in [-0.39, 0.29) is 29.7 Å². The van der Waals surface area contributed by atoms with Gasteiger partial charge in [-0.05, 0) is 69.7 Å². The molecule has 0 radical (unpaired) electrons. The Morgan fingerprint density at radius 1 is 1.07 bits per heavy atom. The maximum atomic E-state index is 12.9. The van der Waals surface area contributed by atoms with Gasteiger partial charge in [-0.25, -0.2) is 0 Å². The quantitative estimate of drug-likeness (QED) is 0.821. The maximum absolute atomic E-state index is 12.9. The van der Waals surface area contributed by atoms with Crippen LogP contribution >= 0.6 is 0 Å². The normalized spacial score (nSPS) is 25.1. The monoisotopic (exact) mass is 411 g/mol. The number of anilines is 1. The Morgan fingerprint density at radius 2 is 1.80 bits per heavy atom. The van der Waals surface area contributed by atoms with Crippen molar-refractivity contribution in [2.24, 2.45) is 5.92 Å². The number of rotatable bonds is 4. The highest BCUT2D eigenvalue weighted by molar-refractivity contribution is 5.99. The zero-order valence-corrected chi connectivity index (χ0v) is 18.2. The summed E-state index contributed by atoms with van der Waals surface area (Å²) >= 11 is 0. The number of carbonyl (C=O) groups excluding carboxylic acids is 3. The van der Waals surface area contributed by atoms with Crippen LogP contribution in [0.4, 0.5) is 5.69 Å². The molecule has 3 aliphatic rings. The van der Waals surface area contributed by atoms with Crippen molar-refractivity contribution in [3.8, 4) is 0 Å². The van der Waals surface area contributed by atoms with Crippen molar-refractivity contribution in [1.82, 2.24) is 9.80 Å². The van der Waals surface area contributed by atoms with Crippen molar-refractivity contribution in [3.05, 3.63) is 29.3 Å². The molecular formula is C24H33N3O3. The highest BCUT2D eigenvalue weighted by Crippen LogP contribution is 2.30. The number of hydrogen-bond acceptors (Lipinski definition) is 3. The summed E-state index contributed by atoms with van der Waals surface area (Å²) in [4.78, 5) is 42.0. The molecule has 1 N–H and O–H groups in total. The van der Waals surface area contributed by atoms with Gasteiger partial charge in [-0.1, -0.05) is 12.8 Å². The Morgan fingerprint density at radius 3 is 2.50 bits per heavy atom. The average Bonchev–Trinajstić information content (AvgIpc) is 3.39. The molecule has 1 aliphatic carbocycles. The van der Waals surface area contributed by atoms with Crippen LogP contribution in [0.2, 0.25) is 0 Å². The molecule has 30 heavy (non-hydrogen) atoms. The molecule has 1 saturated carbocycles. The van der Waals surface area contributed by atoms with Crippen LogP contribution in [0.1, 0.15) is 74.2 Å². The molecule has 0 aromatic heterocycles. The first kappa shape index (κ1) is 20.9. The van der Waals surface area contributed by atoms with Crippen molar-refractivity contribution in [2.75, 3.05) is 18.4 Å². The minimum atomic E-state index is -0.298. The minimum Gasteiger partial charge on any atom is -0.339 e. The smallest absolute Gasteiger partial charge is 0.254 e. The van der Waals surface area contributed by atoms with Gasteiger partial charge < -0.3 is 15.1 Å². The van der Waals surface area contributed by atoms with E-state index >= 15 is 0 Å². The second-order valence-electron chi connectivity index (χ2n) is 9.25. The summed E-state index contributed by atoms with van der Waals surface area (Å²) in [6.45, 7) is 5.36. The van der Waals surface area contributed by atoms with Gasteiger partial charge in [0.15, 0.2) is 0 Å². The molecule has 3 fully saturated rings. The molecule has 162 valence electrons. The van der Waals surface area contributed by atoms with E-state index in [2.05, 4.69) is 12.2 Å². The zero-order chi connectivity index (χ0) is 21.3. The summed E-state index contributed by atoms with van der Waals surface area (Å²) in [5, 5.41) is 3.00. The number of aryl methyl sites for hydroxylation is 1. The molecule has 1 aromatic rings. The molecule has 2 aliphatic heterocycles. The summed E-state index contributed by atoms with van der Waals surface area (Å²) < 4.78 is 0. The molecule has 2 heterocycles. The molecular weight excluding hydrogens is 378 g/mol. The molecule has 3 amide bonds. The van der Waals surface area contributed by atoms with Crippen molar-refractivity contribution in [1.29, 1.82) is 0 Å². The molecule has 6 heteroatoms. The fourth-order valence-electron chi connectivity index (χ4n) is 5.21. The summed E-state index contributed by atoms with van der Waals surface area (Å²) in [7, 11) is 0. The largest absolute Gasteiger partial charge is 0.339 e. The SMILES string of the molecule is Cc1cc(C(=O)N2CCCCC2C)ccc1NC(=O)C1CC(=O)N(C2CCCC2)C1. The lowest BCUT2D eigenvalue weighted by molar-refractivity contribution is -0.129. The number of amides is 3. The number of piperidine rings is 1. The Bertz CT molecular complexity index is 831. The van der Waals surface area contributed by atoms with Crippen LogP contribution in [-0.2, 0) is 9.59 Å². The third kappa shape index (κ3) is 4.23. The van der Waals surface area contributed by atoms with E-state index in [4.69, 9.17) is 0 Å². The van der Waals surface area contributed by atoms with E-state index in [1.165, 1.54) is 19.3 Å². The highest BCUT2D eigenvalue weighted by atomic mass is 16.2. The van der Waals surface area contributed by atoms with Crippen LogP contribution in [0, 0.1) is 12.8 Å². The van der Waals surface area contributed by atoms with Crippen molar-refractivity contribution < 1.29 is 14.4 Å². The second-order valence-corrected chi connectivity index (χ2v) is 9.25. The van der Waals surface area contributed by atoms with E-state index < -0.39 is 0 Å². The van der Waals surface area contributed by atoms with Gasteiger partial charge in [-0.2, -0.15) is 0 Å². The standard InChI is InChI=1S/C24H33N3O3/c1-16-13-18(24(30)26-12-6-5-7-17(26)2)10-11-21(16)25-23(29)19-14-22(28)27(15-19)20-8-3-4-9-20/h10-11,13,17,19-20H,3-9,12,14-15H2,1-2H3,(H,25,29). The average molecular weight is 412 g/mol. The van der Waals surface area contributed by atoms with E-state index in [9.17, 15) is 14.4 Å². The zero-order valence-electron chi connectivity index (χ0n) is 18.2. The lowest BCUT2D eigenvalue weighted by Crippen LogP contribution is -2.42. The first-order chi connectivity index (χ1) is 14.4. The molecule has 0 spiro atoms. The fourth-order valence-corrected chi connectivity index (χ4v) is 5.21. The minimum absolute atomic E-state index is 0.0665. The number of carbonyl (C=O) groups is 3. The van der Waals surface area contributed by atoms with Gasteiger partial charge in [0.25, 0.3) is 5.91 Å². The van der Waals surface area contributed by atoms with Crippen LogP contribution in [0.25, 0.3) is 0 Å². The lowest BCUT2D eigenvalue weighted by Gasteiger charge is -2.33. The molecule has 2 atom stereocenters. The molecule has 6 nitrogen and oxygen atoms in total. The van der Waals surface area contributed by atoms with Crippen molar-refractivity contribution in [3.63, 3.8) is 0 Å². The van der Waals surface area contributed by atoms with Gasteiger partial charge in [0.1, 0.15) is 0 Å². The number of likely N-dealkylation sites (tertiary alicyclic amines) is 2. The number of benzene rings is 1. The lowest BCUT2D eigenvalue weighted by atomic mass is 10.0. The van der Waals surface area contributed by atoms with Gasteiger partial charge in [-0.15, -0.1) is 0 Å².